The van der Waals surface area contributed by atoms with Crippen LogP contribution in [0.15, 0.2) is 0 Å². The first kappa shape index (κ1) is 13.2. The molecular weight excluding hydrogens is 257 g/mol. The predicted molar refractivity (Wildman–Crippen MR) is 67.2 cm³/mol. The van der Waals surface area contributed by atoms with E-state index < -0.39 is 7.51 Å². The van der Waals surface area contributed by atoms with Crippen molar-refractivity contribution in [2.24, 2.45) is 0 Å². The van der Waals surface area contributed by atoms with Gasteiger partial charge in [-0.25, -0.2) is 0 Å². The minimum atomic E-state index is -3.34. The molecule has 3 rings (SSSR count). The molecule has 0 radical (unpaired) electrons. The Bertz CT molecular complexity index is 303. The monoisotopic (exact) mass is 279 g/mol. The fourth-order valence-electron chi connectivity index (χ4n) is 2.66. The Hall–Kier alpha value is 0.190. The van der Waals surface area contributed by atoms with Crippen LogP contribution in [0, 0.1) is 0 Å². The summed E-state index contributed by atoms with van der Waals surface area (Å²) in [6.07, 6.45) is 0.673. The van der Waals surface area contributed by atoms with Gasteiger partial charge in [-0.05, 0) is 0 Å². The Labute approximate surface area is 108 Å². The van der Waals surface area contributed by atoms with Gasteiger partial charge in [0.25, 0.3) is 0 Å². The van der Waals surface area contributed by atoms with Gasteiger partial charge < -0.3 is 0 Å². The van der Waals surface area contributed by atoms with Crippen molar-refractivity contribution in [2.45, 2.75) is 26.1 Å². The molecule has 0 aromatic heterocycles. The van der Waals surface area contributed by atoms with Crippen LogP contribution in [-0.2, 0) is 22.8 Å². The van der Waals surface area contributed by atoms with Gasteiger partial charge in [0, 0.05) is 0 Å². The van der Waals surface area contributed by atoms with E-state index in [1.807, 2.05) is 13.8 Å². The summed E-state index contributed by atoms with van der Waals surface area (Å²) >= 11 is 0. The maximum absolute atomic E-state index is 6.05. The van der Waals surface area contributed by atoms with E-state index in [1.165, 1.54) is 0 Å². The summed E-state index contributed by atoms with van der Waals surface area (Å²) in [6, 6.07) is 0. The van der Waals surface area contributed by atoms with Gasteiger partial charge in [-0.2, -0.15) is 0 Å². The topological polar surface area (TPSA) is 49.4 Å². The van der Waals surface area contributed by atoms with Crippen molar-refractivity contribution in [1.29, 1.82) is 0 Å². The quantitative estimate of drug-likeness (QED) is 0.711. The van der Waals surface area contributed by atoms with Gasteiger partial charge in [-0.3, -0.25) is 0 Å². The fraction of sp³-hybridized carbons (Fsp3) is 1.00. The molecule has 0 aromatic rings. The first-order valence-corrected chi connectivity index (χ1v) is 8.69. The summed E-state index contributed by atoms with van der Waals surface area (Å²) in [5, 5.41) is 0. The van der Waals surface area contributed by atoms with Gasteiger partial charge in [0.05, 0.1) is 0 Å². The molecule has 7 heteroatoms. The molecule has 0 bridgehead atoms. The van der Waals surface area contributed by atoms with Crippen LogP contribution in [0.25, 0.3) is 0 Å². The molecule has 3 heterocycles. The van der Waals surface area contributed by atoms with Crippen LogP contribution >= 0.6 is 7.51 Å². The average Bonchev–Trinajstić information content (AvgIpc) is 2.83. The van der Waals surface area contributed by atoms with E-state index in [-0.39, 0.29) is 12.2 Å². The van der Waals surface area contributed by atoms with Crippen LogP contribution in [-0.4, -0.2) is 62.9 Å². The second kappa shape index (κ2) is 4.63. The van der Waals surface area contributed by atoms with Crippen LogP contribution in [0.5, 0.6) is 0 Å². The SMILES string of the molecule is CC1COP2(CN3CCOCC3)(OCC(C)O2)O1. The van der Waals surface area contributed by atoms with E-state index in [4.69, 9.17) is 22.8 Å². The zero-order chi connectivity index (χ0) is 12.7. The number of rotatable bonds is 2. The first-order chi connectivity index (χ1) is 8.59. The normalized spacial score (nSPS) is 41.8. The molecule has 1 spiro atoms. The summed E-state index contributed by atoms with van der Waals surface area (Å²) in [5.74, 6) is 0. The summed E-state index contributed by atoms with van der Waals surface area (Å²) < 4.78 is 29.4. The fourth-order valence-corrected chi connectivity index (χ4v) is 6.76. The molecule has 0 aromatic carbocycles. The average molecular weight is 279 g/mol. The van der Waals surface area contributed by atoms with Crippen molar-refractivity contribution in [3.8, 4) is 0 Å². The molecule has 3 saturated heterocycles. The van der Waals surface area contributed by atoms with Crippen molar-refractivity contribution >= 4 is 7.51 Å². The van der Waals surface area contributed by atoms with Crippen molar-refractivity contribution < 1.29 is 22.8 Å². The molecular formula is C11H22NO5P. The molecule has 0 N–H and O–H groups in total. The minimum absolute atomic E-state index is 0.0361. The molecule has 3 aliphatic heterocycles. The molecule has 3 aliphatic rings. The Morgan fingerprint density at radius 2 is 1.56 bits per heavy atom. The third-order valence-electron chi connectivity index (χ3n) is 3.42. The van der Waals surface area contributed by atoms with Crippen LogP contribution in [0.3, 0.4) is 0 Å². The van der Waals surface area contributed by atoms with Gasteiger partial charge in [0.15, 0.2) is 0 Å². The Kier molecular flexibility index (Phi) is 3.39. The molecule has 0 amide bonds. The molecule has 18 heavy (non-hydrogen) atoms. The van der Waals surface area contributed by atoms with Gasteiger partial charge in [0.1, 0.15) is 0 Å². The van der Waals surface area contributed by atoms with Gasteiger partial charge >= 0.3 is 107 Å². The van der Waals surface area contributed by atoms with Crippen LogP contribution in [0.1, 0.15) is 13.8 Å². The number of ether oxygens (including phenoxy) is 1. The maximum atomic E-state index is 6.05. The second-order valence-electron chi connectivity index (χ2n) is 5.26. The molecule has 0 saturated carbocycles. The Morgan fingerprint density at radius 3 is 2.00 bits per heavy atom. The van der Waals surface area contributed by atoms with E-state index in [1.54, 1.807) is 0 Å². The van der Waals surface area contributed by atoms with Crippen molar-refractivity contribution in [3.05, 3.63) is 0 Å². The van der Waals surface area contributed by atoms with Crippen LogP contribution in [0.4, 0.5) is 0 Å². The van der Waals surface area contributed by atoms with Crippen LogP contribution < -0.4 is 0 Å². The molecule has 106 valence electrons. The zero-order valence-corrected chi connectivity index (χ0v) is 11.9. The Morgan fingerprint density at radius 1 is 1.00 bits per heavy atom. The van der Waals surface area contributed by atoms with Crippen molar-refractivity contribution in [3.63, 3.8) is 0 Å². The van der Waals surface area contributed by atoms with Crippen molar-refractivity contribution in [2.75, 3.05) is 45.8 Å². The van der Waals surface area contributed by atoms with Gasteiger partial charge in [-0.1, -0.05) is 0 Å². The van der Waals surface area contributed by atoms with Gasteiger partial charge in [-0.15, -0.1) is 0 Å². The summed E-state index contributed by atoms with van der Waals surface area (Å²) in [6.45, 7) is 8.34. The van der Waals surface area contributed by atoms with E-state index in [2.05, 4.69) is 4.90 Å². The summed E-state index contributed by atoms with van der Waals surface area (Å²) in [5.41, 5.74) is 0. The number of hydrogen-bond acceptors (Lipinski definition) is 6. The predicted octanol–water partition coefficient (Wildman–Crippen LogP) is 1.36. The molecule has 2 atom stereocenters. The molecule has 2 unspecified atom stereocenters. The standard InChI is InChI=1S/C11H22NO5P/c1-10-7-14-18(16-10,15-8-11(2)17-18)9-12-3-5-13-6-4-12/h10-11H,3-9H2,1-2H3. The van der Waals surface area contributed by atoms with E-state index >= 15 is 0 Å². The van der Waals surface area contributed by atoms with Gasteiger partial charge in [0.2, 0.25) is 0 Å². The van der Waals surface area contributed by atoms with Crippen LogP contribution in [0.2, 0.25) is 0 Å². The number of nitrogens with zero attached hydrogens (tertiary/aromatic N) is 1. The zero-order valence-electron chi connectivity index (χ0n) is 11.0. The van der Waals surface area contributed by atoms with E-state index in [0.29, 0.717) is 19.5 Å². The third kappa shape index (κ3) is 2.31. The number of morpholine rings is 1. The summed E-state index contributed by atoms with van der Waals surface area (Å²) in [7, 11) is -3.34. The second-order valence-corrected chi connectivity index (χ2v) is 8.41. The van der Waals surface area contributed by atoms with Crippen molar-refractivity contribution in [1.82, 2.24) is 4.90 Å². The van der Waals surface area contributed by atoms with E-state index in [0.717, 1.165) is 26.3 Å². The molecule has 0 aliphatic carbocycles. The Balaban J connectivity index is 1.78. The van der Waals surface area contributed by atoms with E-state index in [9.17, 15) is 0 Å². The third-order valence-corrected chi connectivity index (χ3v) is 7.11. The molecule has 6 nitrogen and oxygen atoms in total. The summed E-state index contributed by atoms with van der Waals surface area (Å²) in [4.78, 5) is 2.26. The number of hydrogen-bond donors (Lipinski definition) is 0. The first-order valence-electron chi connectivity index (χ1n) is 6.59. The molecule has 3 fully saturated rings.